The van der Waals surface area contributed by atoms with Gasteiger partial charge in [-0.2, -0.15) is 11.8 Å². The van der Waals surface area contributed by atoms with Crippen LogP contribution in [0.15, 0.2) is 4.99 Å². The second-order valence-corrected chi connectivity index (χ2v) is 5.26. The lowest BCUT2D eigenvalue weighted by atomic mass is 10.1. The number of nitrogens with zero attached hydrogens (tertiary/aromatic N) is 1. The molecule has 0 bridgehead atoms. The van der Waals surface area contributed by atoms with Crippen molar-refractivity contribution < 1.29 is 5.11 Å². The Morgan fingerprint density at radius 2 is 2.19 bits per heavy atom. The zero-order chi connectivity index (χ0) is 11.9. The summed E-state index contributed by atoms with van der Waals surface area (Å²) < 4.78 is 0. The molecule has 0 radical (unpaired) electrons. The van der Waals surface area contributed by atoms with E-state index in [4.69, 9.17) is 0 Å². The van der Waals surface area contributed by atoms with E-state index in [0.717, 1.165) is 44.2 Å². The van der Waals surface area contributed by atoms with Crippen molar-refractivity contribution in [2.75, 3.05) is 38.2 Å². The maximum absolute atomic E-state index is 9.20. The number of hydrogen-bond donors (Lipinski definition) is 3. The van der Waals surface area contributed by atoms with E-state index in [1.165, 1.54) is 0 Å². The predicted octanol–water partition coefficient (Wildman–Crippen LogP) is 0.677. The van der Waals surface area contributed by atoms with Crippen LogP contribution >= 0.6 is 11.8 Å². The molecule has 1 aliphatic rings. The van der Waals surface area contributed by atoms with Gasteiger partial charge in [0.2, 0.25) is 0 Å². The fourth-order valence-corrected chi connectivity index (χ4v) is 1.71. The van der Waals surface area contributed by atoms with Gasteiger partial charge in [-0.15, -0.1) is 0 Å². The Kier molecular flexibility index (Phi) is 5.98. The van der Waals surface area contributed by atoms with Gasteiger partial charge in [-0.05, 0) is 26.0 Å². The Balaban J connectivity index is 2.32. The summed E-state index contributed by atoms with van der Waals surface area (Å²) in [6, 6.07) is 0. The van der Waals surface area contributed by atoms with E-state index in [9.17, 15) is 5.11 Å². The molecule has 0 amide bonds. The van der Waals surface area contributed by atoms with Crippen LogP contribution in [-0.4, -0.2) is 49.3 Å². The highest BCUT2D eigenvalue weighted by Gasteiger charge is 2.41. The standard InChI is InChI=1S/C11H23N3OS/c1-3-12-10(13-6-7-16-2)14-8-11(9-15)4-5-11/h15H,3-9H2,1-2H3,(H2,12,13,14). The molecule has 0 aromatic carbocycles. The van der Waals surface area contributed by atoms with Crippen LogP contribution in [0.25, 0.3) is 0 Å². The monoisotopic (exact) mass is 245 g/mol. The molecule has 3 N–H and O–H groups in total. The molecule has 0 unspecified atom stereocenters. The molecule has 94 valence electrons. The number of aliphatic hydroxyl groups excluding tert-OH is 1. The van der Waals surface area contributed by atoms with E-state index < -0.39 is 0 Å². The van der Waals surface area contributed by atoms with Crippen LogP contribution in [0.5, 0.6) is 0 Å². The maximum atomic E-state index is 9.20. The summed E-state index contributed by atoms with van der Waals surface area (Å²) in [6.45, 7) is 4.86. The van der Waals surface area contributed by atoms with Gasteiger partial charge >= 0.3 is 0 Å². The molecule has 0 aromatic heterocycles. The molecular formula is C11H23N3OS. The molecule has 0 atom stereocenters. The van der Waals surface area contributed by atoms with Crippen molar-refractivity contribution in [1.29, 1.82) is 0 Å². The van der Waals surface area contributed by atoms with Crippen LogP contribution in [0.1, 0.15) is 19.8 Å². The maximum Gasteiger partial charge on any atom is 0.191 e. The van der Waals surface area contributed by atoms with Crippen molar-refractivity contribution in [1.82, 2.24) is 10.6 Å². The van der Waals surface area contributed by atoms with Crippen LogP contribution < -0.4 is 10.6 Å². The van der Waals surface area contributed by atoms with Gasteiger partial charge < -0.3 is 15.7 Å². The number of thioether (sulfide) groups is 1. The second kappa shape index (κ2) is 7.01. The van der Waals surface area contributed by atoms with Gasteiger partial charge in [0.1, 0.15) is 0 Å². The Hall–Kier alpha value is -0.420. The first kappa shape index (κ1) is 13.6. The molecule has 16 heavy (non-hydrogen) atoms. The van der Waals surface area contributed by atoms with Crippen molar-refractivity contribution in [3.8, 4) is 0 Å². The highest BCUT2D eigenvalue weighted by Crippen LogP contribution is 2.45. The quantitative estimate of drug-likeness (QED) is 0.351. The fourth-order valence-electron chi connectivity index (χ4n) is 1.40. The van der Waals surface area contributed by atoms with E-state index in [-0.39, 0.29) is 12.0 Å². The van der Waals surface area contributed by atoms with Gasteiger partial charge in [-0.25, -0.2) is 0 Å². The lowest BCUT2D eigenvalue weighted by Crippen LogP contribution is -2.39. The number of rotatable bonds is 7. The molecule has 1 aliphatic carbocycles. The Morgan fingerprint density at radius 3 is 2.69 bits per heavy atom. The third-order valence-corrected chi connectivity index (χ3v) is 3.42. The summed E-state index contributed by atoms with van der Waals surface area (Å²) in [5.41, 5.74) is 0.0991. The van der Waals surface area contributed by atoms with Gasteiger partial charge in [0.15, 0.2) is 5.96 Å². The van der Waals surface area contributed by atoms with E-state index in [1.54, 1.807) is 0 Å². The minimum atomic E-state index is 0.0991. The largest absolute Gasteiger partial charge is 0.396 e. The molecule has 5 heteroatoms. The van der Waals surface area contributed by atoms with Gasteiger partial charge in [0, 0.05) is 24.3 Å². The van der Waals surface area contributed by atoms with Gasteiger partial charge in [0.25, 0.3) is 0 Å². The highest BCUT2D eigenvalue weighted by molar-refractivity contribution is 7.98. The smallest absolute Gasteiger partial charge is 0.191 e. The minimum absolute atomic E-state index is 0.0991. The van der Waals surface area contributed by atoms with E-state index in [2.05, 4.69) is 28.8 Å². The van der Waals surface area contributed by atoms with Crippen LogP contribution in [0.4, 0.5) is 0 Å². The van der Waals surface area contributed by atoms with E-state index in [1.807, 2.05) is 11.8 Å². The number of guanidine groups is 1. The number of hydrogen-bond acceptors (Lipinski definition) is 3. The molecule has 4 nitrogen and oxygen atoms in total. The lowest BCUT2D eigenvalue weighted by Gasteiger charge is -2.13. The molecule has 1 fully saturated rings. The molecular weight excluding hydrogens is 222 g/mol. The average molecular weight is 245 g/mol. The molecule has 1 rings (SSSR count). The SMILES string of the molecule is CCNC(=NCC1(CO)CC1)NCCSC. The van der Waals surface area contributed by atoms with Gasteiger partial charge in [-0.3, -0.25) is 4.99 Å². The van der Waals surface area contributed by atoms with Crippen molar-refractivity contribution in [3.05, 3.63) is 0 Å². The van der Waals surface area contributed by atoms with E-state index >= 15 is 0 Å². The first-order valence-electron chi connectivity index (χ1n) is 5.88. The highest BCUT2D eigenvalue weighted by atomic mass is 32.2. The summed E-state index contributed by atoms with van der Waals surface area (Å²) in [4.78, 5) is 4.52. The zero-order valence-corrected chi connectivity index (χ0v) is 11.1. The fraction of sp³-hybridized carbons (Fsp3) is 0.909. The summed E-state index contributed by atoms with van der Waals surface area (Å²) in [5.74, 6) is 1.95. The Labute approximate surface area is 102 Å². The predicted molar refractivity (Wildman–Crippen MR) is 71.1 cm³/mol. The zero-order valence-electron chi connectivity index (χ0n) is 10.3. The third-order valence-electron chi connectivity index (χ3n) is 2.81. The molecule has 0 spiro atoms. The number of nitrogens with one attached hydrogen (secondary N) is 2. The second-order valence-electron chi connectivity index (χ2n) is 4.27. The Morgan fingerprint density at radius 1 is 1.44 bits per heavy atom. The number of aliphatic imine (C=N–C) groups is 1. The first-order valence-corrected chi connectivity index (χ1v) is 7.28. The summed E-state index contributed by atoms with van der Waals surface area (Å²) in [5, 5.41) is 15.7. The van der Waals surface area contributed by atoms with Crippen molar-refractivity contribution in [2.24, 2.45) is 10.4 Å². The van der Waals surface area contributed by atoms with Crippen LogP contribution in [-0.2, 0) is 0 Å². The summed E-state index contributed by atoms with van der Waals surface area (Å²) in [7, 11) is 0. The van der Waals surface area contributed by atoms with Crippen molar-refractivity contribution in [3.63, 3.8) is 0 Å². The molecule has 1 saturated carbocycles. The summed E-state index contributed by atoms with van der Waals surface area (Å²) >= 11 is 1.82. The average Bonchev–Trinajstić information content (AvgIpc) is 3.07. The number of aliphatic hydroxyl groups is 1. The molecule has 0 aliphatic heterocycles. The van der Waals surface area contributed by atoms with E-state index in [0.29, 0.717) is 0 Å². The van der Waals surface area contributed by atoms with Crippen LogP contribution in [0.3, 0.4) is 0 Å². The topological polar surface area (TPSA) is 56.7 Å². The van der Waals surface area contributed by atoms with Crippen molar-refractivity contribution in [2.45, 2.75) is 19.8 Å². The summed E-state index contributed by atoms with van der Waals surface area (Å²) in [6.07, 6.45) is 4.31. The van der Waals surface area contributed by atoms with Gasteiger partial charge in [0.05, 0.1) is 13.2 Å². The first-order chi connectivity index (χ1) is 7.76. The van der Waals surface area contributed by atoms with Gasteiger partial charge in [-0.1, -0.05) is 0 Å². The van der Waals surface area contributed by atoms with Crippen LogP contribution in [0.2, 0.25) is 0 Å². The molecule has 0 saturated heterocycles. The minimum Gasteiger partial charge on any atom is -0.396 e. The third kappa shape index (κ3) is 4.61. The Bertz CT molecular complexity index is 229. The lowest BCUT2D eigenvalue weighted by molar-refractivity contribution is 0.217. The van der Waals surface area contributed by atoms with Crippen LogP contribution in [0, 0.1) is 5.41 Å². The normalized spacial score (nSPS) is 18.3. The van der Waals surface area contributed by atoms with Crippen molar-refractivity contribution >= 4 is 17.7 Å². The molecule has 0 aromatic rings. The molecule has 0 heterocycles.